The van der Waals surface area contributed by atoms with Gasteiger partial charge in [-0.15, -0.1) is 0 Å². The monoisotopic (exact) mass is 263 g/mol. The van der Waals surface area contributed by atoms with E-state index in [1.165, 1.54) is 6.07 Å². The molecule has 0 unspecified atom stereocenters. The summed E-state index contributed by atoms with van der Waals surface area (Å²) in [5, 5.41) is 0. The van der Waals surface area contributed by atoms with Crippen molar-refractivity contribution in [2.75, 3.05) is 0 Å². The third kappa shape index (κ3) is 2.11. The molecule has 1 heterocycles. The highest BCUT2D eigenvalue weighted by Crippen LogP contribution is 2.32. The molecule has 1 saturated carbocycles. The molecule has 2 aromatic rings. The zero-order chi connectivity index (χ0) is 13.6. The van der Waals surface area contributed by atoms with Crippen molar-refractivity contribution >= 4 is 0 Å². The third-order valence-electron chi connectivity index (χ3n) is 3.36. The molecule has 100 valence electrons. The topological polar surface area (TPSA) is 14.2 Å². The van der Waals surface area contributed by atoms with E-state index in [2.05, 4.69) is 0 Å². The highest BCUT2D eigenvalue weighted by molar-refractivity contribution is 5.44. The quantitative estimate of drug-likeness (QED) is 0.818. The van der Waals surface area contributed by atoms with E-state index in [-0.39, 0.29) is 17.5 Å². The van der Waals surface area contributed by atoms with Gasteiger partial charge in [-0.2, -0.15) is 4.39 Å². The average molecular weight is 263 g/mol. The Labute approximate surface area is 110 Å². The maximum Gasteiger partial charge on any atom is 0.202 e. The van der Waals surface area contributed by atoms with Crippen LogP contribution in [0.2, 0.25) is 0 Å². The van der Waals surface area contributed by atoms with E-state index in [1.54, 1.807) is 10.6 Å². The van der Waals surface area contributed by atoms with Crippen molar-refractivity contribution in [3.8, 4) is 11.4 Å². The van der Waals surface area contributed by atoms with Gasteiger partial charge in [0.15, 0.2) is 11.6 Å². The van der Waals surface area contributed by atoms with Gasteiger partial charge in [0.1, 0.15) is 0 Å². The number of aryl methyl sites for hydroxylation is 2. The summed E-state index contributed by atoms with van der Waals surface area (Å²) in [7, 11) is 0. The van der Waals surface area contributed by atoms with E-state index in [4.69, 9.17) is 4.74 Å². The Morgan fingerprint density at radius 2 is 1.63 bits per heavy atom. The molecule has 0 radical (unpaired) electrons. The van der Waals surface area contributed by atoms with Crippen molar-refractivity contribution in [2.24, 2.45) is 0 Å². The van der Waals surface area contributed by atoms with Gasteiger partial charge < -0.3 is 9.30 Å². The fraction of sp³-hybridized carbons (Fsp3) is 0.333. The Bertz CT molecular complexity index is 610. The molecule has 0 bridgehead atoms. The second kappa shape index (κ2) is 4.37. The van der Waals surface area contributed by atoms with E-state index in [0.717, 1.165) is 24.2 Å². The van der Waals surface area contributed by atoms with Crippen LogP contribution >= 0.6 is 0 Å². The first-order valence-electron chi connectivity index (χ1n) is 6.38. The summed E-state index contributed by atoms with van der Waals surface area (Å²) in [4.78, 5) is 0. The lowest BCUT2D eigenvalue weighted by Crippen LogP contribution is -2.06. The predicted molar refractivity (Wildman–Crippen MR) is 68.8 cm³/mol. The fourth-order valence-electron chi connectivity index (χ4n) is 2.20. The van der Waals surface area contributed by atoms with Crippen LogP contribution in [0.25, 0.3) is 5.69 Å². The predicted octanol–water partition coefficient (Wildman–Crippen LogP) is 3.91. The van der Waals surface area contributed by atoms with E-state index < -0.39 is 11.6 Å². The van der Waals surface area contributed by atoms with Gasteiger partial charge in [0.05, 0.1) is 11.8 Å². The molecule has 1 aliphatic carbocycles. The van der Waals surface area contributed by atoms with Crippen LogP contribution in [0.3, 0.4) is 0 Å². The molecule has 1 fully saturated rings. The van der Waals surface area contributed by atoms with Gasteiger partial charge in [-0.25, -0.2) is 4.39 Å². The van der Waals surface area contributed by atoms with Crippen molar-refractivity contribution in [2.45, 2.75) is 32.8 Å². The summed E-state index contributed by atoms with van der Waals surface area (Å²) in [6, 6.07) is 6.82. The molecule has 0 spiro atoms. The molecule has 0 N–H and O–H groups in total. The van der Waals surface area contributed by atoms with E-state index in [0.29, 0.717) is 0 Å². The normalized spacial score (nSPS) is 14.7. The van der Waals surface area contributed by atoms with Crippen LogP contribution in [0.5, 0.6) is 5.75 Å². The lowest BCUT2D eigenvalue weighted by molar-refractivity contribution is 0.282. The van der Waals surface area contributed by atoms with Gasteiger partial charge >= 0.3 is 0 Å². The first-order valence-corrected chi connectivity index (χ1v) is 6.38. The lowest BCUT2D eigenvalue weighted by atomic mass is 10.2. The van der Waals surface area contributed by atoms with Crippen LogP contribution in [-0.4, -0.2) is 10.7 Å². The minimum atomic E-state index is -0.906. The third-order valence-corrected chi connectivity index (χ3v) is 3.36. The van der Waals surface area contributed by atoms with Crippen LogP contribution in [-0.2, 0) is 0 Å². The molecule has 4 heteroatoms. The molecule has 19 heavy (non-hydrogen) atoms. The van der Waals surface area contributed by atoms with E-state index in [1.807, 2.05) is 26.0 Å². The lowest BCUT2D eigenvalue weighted by Gasteiger charge is -2.13. The number of aromatic nitrogens is 1. The molecule has 3 rings (SSSR count). The standard InChI is InChI=1S/C15H15F2NO/c1-9-3-4-10(2)18(9)12-7-8-13(15(17)14(12)16)19-11-5-6-11/h3-4,7-8,11H,5-6H2,1-2H3. The highest BCUT2D eigenvalue weighted by Gasteiger charge is 2.26. The molecule has 0 atom stereocenters. The molecule has 1 aromatic carbocycles. The van der Waals surface area contributed by atoms with Crippen molar-refractivity contribution in [1.82, 2.24) is 4.57 Å². The SMILES string of the molecule is Cc1ccc(C)n1-c1ccc(OC2CC2)c(F)c1F. The van der Waals surface area contributed by atoms with Crippen LogP contribution in [0.15, 0.2) is 24.3 Å². The number of halogens is 2. The number of hydrogen-bond acceptors (Lipinski definition) is 1. The maximum absolute atomic E-state index is 14.2. The van der Waals surface area contributed by atoms with E-state index in [9.17, 15) is 8.78 Å². The number of benzene rings is 1. The summed E-state index contributed by atoms with van der Waals surface area (Å²) in [5.74, 6) is -1.76. The first kappa shape index (κ1) is 12.2. The van der Waals surface area contributed by atoms with Gasteiger partial charge in [0, 0.05) is 11.4 Å². The van der Waals surface area contributed by atoms with Gasteiger partial charge in [0.2, 0.25) is 5.82 Å². The second-order valence-corrected chi connectivity index (χ2v) is 4.98. The summed E-state index contributed by atoms with van der Waals surface area (Å²) in [6.45, 7) is 3.72. The Morgan fingerprint density at radius 3 is 2.21 bits per heavy atom. The molecular weight excluding hydrogens is 248 g/mol. The number of ether oxygens (including phenoxy) is 1. The van der Waals surface area contributed by atoms with Gasteiger partial charge in [0.25, 0.3) is 0 Å². The highest BCUT2D eigenvalue weighted by atomic mass is 19.2. The van der Waals surface area contributed by atoms with Crippen molar-refractivity contribution in [3.05, 3.63) is 47.3 Å². The Morgan fingerprint density at radius 1 is 1.00 bits per heavy atom. The van der Waals surface area contributed by atoms with Gasteiger partial charge in [-0.3, -0.25) is 0 Å². The summed E-state index contributed by atoms with van der Waals surface area (Å²) < 4.78 is 35.2. The van der Waals surface area contributed by atoms with Gasteiger partial charge in [-0.1, -0.05) is 0 Å². The summed E-state index contributed by atoms with van der Waals surface area (Å²) in [5.41, 5.74) is 1.96. The smallest absolute Gasteiger partial charge is 0.202 e. The van der Waals surface area contributed by atoms with Crippen LogP contribution in [0, 0.1) is 25.5 Å². The Hall–Kier alpha value is -1.84. The second-order valence-electron chi connectivity index (χ2n) is 4.98. The van der Waals surface area contributed by atoms with Gasteiger partial charge in [-0.05, 0) is 51.0 Å². The number of nitrogens with zero attached hydrogens (tertiary/aromatic N) is 1. The Balaban J connectivity index is 2.05. The zero-order valence-electron chi connectivity index (χ0n) is 10.9. The van der Waals surface area contributed by atoms with Crippen LogP contribution in [0.4, 0.5) is 8.78 Å². The average Bonchev–Trinajstić information content (AvgIpc) is 3.14. The minimum Gasteiger partial charge on any atom is -0.487 e. The minimum absolute atomic E-state index is 0.00575. The van der Waals surface area contributed by atoms with Crippen molar-refractivity contribution in [1.29, 1.82) is 0 Å². The molecule has 0 saturated heterocycles. The maximum atomic E-state index is 14.2. The Kier molecular flexibility index (Phi) is 2.81. The molecule has 0 amide bonds. The first-order chi connectivity index (χ1) is 9.08. The number of rotatable bonds is 3. The van der Waals surface area contributed by atoms with Crippen molar-refractivity contribution in [3.63, 3.8) is 0 Å². The molecular formula is C15H15F2NO. The molecule has 0 aliphatic heterocycles. The summed E-state index contributed by atoms with van der Waals surface area (Å²) in [6.07, 6.45) is 1.88. The molecule has 2 nitrogen and oxygen atoms in total. The van der Waals surface area contributed by atoms with Crippen molar-refractivity contribution < 1.29 is 13.5 Å². The van der Waals surface area contributed by atoms with Crippen LogP contribution < -0.4 is 4.74 Å². The zero-order valence-corrected chi connectivity index (χ0v) is 10.9. The number of hydrogen-bond donors (Lipinski definition) is 0. The molecule has 1 aliphatic rings. The molecule has 1 aromatic heterocycles. The largest absolute Gasteiger partial charge is 0.487 e. The van der Waals surface area contributed by atoms with Crippen LogP contribution in [0.1, 0.15) is 24.2 Å². The summed E-state index contributed by atoms with van der Waals surface area (Å²) >= 11 is 0. The van der Waals surface area contributed by atoms with E-state index >= 15 is 0 Å². The fourth-order valence-corrected chi connectivity index (χ4v) is 2.20.